The highest BCUT2D eigenvalue weighted by Crippen LogP contribution is 2.32. The number of amides is 1. The molecule has 1 aliphatic heterocycles. The van der Waals surface area contributed by atoms with E-state index in [0.717, 1.165) is 11.3 Å². The molecule has 0 saturated heterocycles. The third-order valence-corrected chi connectivity index (χ3v) is 4.07. The van der Waals surface area contributed by atoms with Gasteiger partial charge in [-0.25, -0.2) is 0 Å². The van der Waals surface area contributed by atoms with Crippen molar-refractivity contribution < 1.29 is 9.90 Å². The molecule has 0 aliphatic carbocycles. The Balaban J connectivity index is 2.41. The second-order valence-corrected chi connectivity index (χ2v) is 6.18. The zero-order valence-electron chi connectivity index (χ0n) is 13.8. The number of anilines is 1. The van der Waals surface area contributed by atoms with Crippen LogP contribution in [-0.4, -0.2) is 42.5 Å². The first kappa shape index (κ1) is 18.4. The van der Waals surface area contributed by atoms with Crippen LogP contribution in [0.15, 0.2) is 35.5 Å². The summed E-state index contributed by atoms with van der Waals surface area (Å²) in [6.45, 7) is 6.89. The largest absolute Gasteiger partial charge is 0.396 e. The summed E-state index contributed by atoms with van der Waals surface area (Å²) in [4.78, 5) is 14.3. The number of halogens is 1. The van der Waals surface area contributed by atoms with E-state index in [9.17, 15) is 4.79 Å². The van der Waals surface area contributed by atoms with E-state index >= 15 is 0 Å². The van der Waals surface area contributed by atoms with E-state index in [1.807, 2.05) is 13.0 Å². The van der Waals surface area contributed by atoms with Gasteiger partial charge in [0.25, 0.3) is 5.91 Å². The van der Waals surface area contributed by atoms with Crippen LogP contribution in [0.5, 0.6) is 0 Å². The summed E-state index contributed by atoms with van der Waals surface area (Å²) >= 11 is 6.13. The molecule has 1 aromatic rings. The Morgan fingerprint density at radius 1 is 1.50 bits per heavy atom. The van der Waals surface area contributed by atoms with Crippen molar-refractivity contribution >= 4 is 28.9 Å². The minimum absolute atomic E-state index is 0.0247. The van der Waals surface area contributed by atoms with Gasteiger partial charge in [-0.1, -0.05) is 18.2 Å². The summed E-state index contributed by atoms with van der Waals surface area (Å²) in [5, 5.41) is 13.9. The summed E-state index contributed by atoms with van der Waals surface area (Å²) in [6.07, 6.45) is 1.25. The van der Waals surface area contributed by atoms with E-state index in [0.29, 0.717) is 42.2 Å². The molecular weight excluding hydrogens is 328 g/mol. The quantitative estimate of drug-likeness (QED) is 0.515. The average molecular weight is 351 g/mol. The van der Waals surface area contributed by atoms with E-state index < -0.39 is 0 Å². The van der Waals surface area contributed by atoms with Gasteiger partial charge in [0.1, 0.15) is 5.71 Å². The monoisotopic (exact) mass is 350 g/mol. The number of hydrogen-bond donors (Lipinski definition) is 3. The van der Waals surface area contributed by atoms with Crippen LogP contribution in [-0.2, 0) is 4.79 Å². The molecule has 24 heavy (non-hydrogen) atoms. The number of hydrogen-bond acceptors (Lipinski definition) is 5. The highest BCUT2D eigenvalue weighted by molar-refractivity contribution is 6.37. The lowest BCUT2D eigenvalue weighted by Crippen LogP contribution is -2.41. The molecular formula is C17H23ClN4O2. The van der Waals surface area contributed by atoms with Crippen molar-refractivity contribution in [3.8, 4) is 0 Å². The number of hydrazone groups is 1. The Morgan fingerprint density at radius 3 is 2.92 bits per heavy atom. The van der Waals surface area contributed by atoms with Crippen molar-refractivity contribution in [3.63, 3.8) is 0 Å². The Morgan fingerprint density at radius 2 is 2.25 bits per heavy atom. The molecule has 7 heteroatoms. The molecule has 1 heterocycles. The maximum absolute atomic E-state index is 12.7. The second-order valence-electron chi connectivity index (χ2n) is 5.74. The van der Waals surface area contributed by atoms with Gasteiger partial charge < -0.3 is 21.2 Å². The predicted molar refractivity (Wildman–Crippen MR) is 97.5 cm³/mol. The van der Waals surface area contributed by atoms with Crippen LogP contribution in [0.3, 0.4) is 0 Å². The Hall–Kier alpha value is -1.89. The van der Waals surface area contributed by atoms with Gasteiger partial charge in [-0.15, -0.1) is 0 Å². The fourth-order valence-electron chi connectivity index (χ4n) is 2.50. The number of rotatable bonds is 7. The maximum atomic E-state index is 12.7. The number of fused-ring (bicyclic) bond motifs is 1. The zero-order valence-corrected chi connectivity index (χ0v) is 14.5. The summed E-state index contributed by atoms with van der Waals surface area (Å²) in [6, 6.07) is 5.31. The first-order valence-corrected chi connectivity index (χ1v) is 8.32. The molecule has 0 radical (unpaired) electrons. The van der Waals surface area contributed by atoms with Crippen molar-refractivity contribution in [2.45, 2.75) is 25.8 Å². The molecule has 6 nitrogen and oxygen atoms in total. The fraction of sp³-hybridized carbons (Fsp3) is 0.412. The maximum Gasteiger partial charge on any atom is 0.259 e. The third-order valence-electron chi connectivity index (χ3n) is 3.84. The van der Waals surface area contributed by atoms with Gasteiger partial charge in [0, 0.05) is 29.8 Å². The smallest absolute Gasteiger partial charge is 0.259 e. The molecule has 2 rings (SSSR count). The molecule has 0 aromatic heterocycles. The SMILES string of the molecule is C=C1C(=O)N(CCCN)c2ccc(Cl)cc2/C1=N/NC(C)CCO. The number of aliphatic hydroxyl groups is 1. The van der Waals surface area contributed by atoms with Gasteiger partial charge in [-0.05, 0) is 44.5 Å². The third kappa shape index (κ3) is 3.95. The summed E-state index contributed by atoms with van der Waals surface area (Å²) in [5.74, 6) is -0.186. The number of nitrogens with one attached hydrogen (secondary N) is 1. The van der Waals surface area contributed by atoms with Gasteiger partial charge in [-0.3, -0.25) is 4.79 Å². The number of carbonyl (C=O) groups excluding carboxylic acids is 1. The standard InChI is InChI=1S/C17H23ClN4O2/c1-11(6-9-23)20-21-16-12(2)17(24)22(8-3-7-19)15-5-4-13(18)10-14(15)16/h4-5,10-11,20,23H,2-3,6-9,19H2,1H3/b21-16+. The van der Waals surface area contributed by atoms with Crippen LogP contribution >= 0.6 is 11.6 Å². The van der Waals surface area contributed by atoms with Crippen molar-refractivity contribution in [1.82, 2.24) is 5.43 Å². The summed E-state index contributed by atoms with van der Waals surface area (Å²) in [7, 11) is 0. The van der Waals surface area contributed by atoms with Crippen LogP contribution in [0.25, 0.3) is 0 Å². The molecule has 1 amide bonds. The van der Waals surface area contributed by atoms with Gasteiger partial charge in [-0.2, -0.15) is 5.10 Å². The van der Waals surface area contributed by atoms with E-state index in [-0.39, 0.29) is 18.6 Å². The lowest BCUT2D eigenvalue weighted by molar-refractivity contribution is -0.114. The average Bonchev–Trinajstić information content (AvgIpc) is 2.55. The minimum Gasteiger partial charge on any atom is -0.396 e. The van der Waals surface area contributed by atoms with Crippen LogP contribution in [0, 0.1) is 0 Å². The topological polar surface area (TPSA) is 91.0 Å². The van der Waals surface area contributed by atoms with Gasteiger partial charge >= 0.3 is 0 Å². The number of carbonyl (C=O) groups is 1. The molecule has 1 unspecified atom stereocenters. The minimum atomic E-state index is -0.186. The number of nitrogens with two attached hydrogens (primary N) is 1. The molecule has 0 fully saturated rings. The van der Waals surface area contributed by atoms with Crippen molar-refractivity contribution in [1.29, 1.82) is 0 Å². The molecule has 1 aromatic carbocycles. The van der Waals surface area contributed by atoms with Gasteiger partial charge in [0.2, 0.25) is 0 Å². The highest BCUT2D eigenvalue weighted by atomic mass is 35.5. The van der Waals surface area contributed by atoms with E-state index in [1.165, 1.54) is 0 Å². The molecule has 0 bridgehead atoms. The summed E-state index contributed by atoms with van der Waals surface area (Å²) in [5.41, 5.74) is 10.8. The normalized spacial score (nSPS) is 17.2. The van der Waals surface area contributed by atoms with E-state index in [2.05, 4.69) is 17.1 Å². The molecule has 0 saturated carbocycles. The van der Waals surface area contributed by atoms with E-state index in [4.69, 9.17) is 22.4 Å². The number of benzene rings is 1. The fourth-order valence-corrected chi connectivity index (χ4v) is 2.67. The van der Waals surface area contributed by atoms with Crippen molar-refractivity contribution in [3.05, 3.63) is 40.9 Å². The number of nitrogens with zero attached hydrogens (tertiary/aromatic N) is 2. The molecule has 0 spiro atoms. The Bertz CT molecular complexity index is 660. The lowest BCUT2D eigenvalue weighted by Gasteiger charge is -2.31. The molecule has 1 atom stereocenters. The Kier molecular flexibility index (Phi) is 6.36. The molecule has 1 aliphatic rings. The van der Waals surface area contributed by atoms with Crippen LogP contribution in [0.2, 0.25) is 5.02 Å². The molecule has 130 valence electrons. The van der Waals surface area contributed by atoms with Gasteiger partial charge in [0.05, 0.1) is 11.3 Å². The van der Waals surface area contributed by atoms with Crippen molar-refractivity contribution in [2.24, 2.45) is 10.8 Å². The van der Waals surface area contributed by atoms with Crippen LogP contribution in [0.1, 0.15) is 25.3 Å². The number of aliphatic hydroxyl groups excluding tert-OH is 1. The predicted octanol–water partition coefficient (Wildman–Crippen LogP) is 1.66. The Labute approximate surface area is 147 Å². The van der Waals surface area contributed by atoms with Gasteiger partial charge in [0.15, 0.2) is 0 Å². The highest BCUT2D eigenvalue weighted by Gasteiger charge is 2.32. The zero-order chi connectivity index (χ0) is 17.7. The second kappa shape index (κ2) is 8.28. The first-order chi connectivity index (χ1) is 11.5. The molecule has 4 N–H and O–H groups in total. The van der Waals surface area contributed by atoms with Crippen LogP contribution < -0.4 is 16.1 Å². The van der Waals surface area contributed by atoms with Crippen LogP contribution in [0.4, 0.5) is 5.69 Å². The lowest BCUT2D eigenvalue weighted by atomic mass is 9.95. The van der Waals surface area contributed by atoms with Crippen molar-refractivity contribution in [2.75, 3.05) is 24.6 Å². The summed E-state index contributed by atoms with van der Waals surface area (Å²) < 4.78 is 0. The first-order valence-electron chi connectivity index (χ1n) is 7.94. The van der Waals surface area contributed by atoms with E-state index in [1.54, 1.807) is 17.0 Å².